The van der Waals surface area contributed by atoms with E-state index in [-0.39, 0.29) is 5.41 Å². The molecule has 0 aromatic heterocycles. The predicted molar refractivity (Wildman–Crippen MR) is 80.5 cm³/mol. The Morgan fingerprint density at radius 3 is 2.26 bits per heavy atom. The van der Waals surface area contributed by atoms with E-state index >= 15 is 0 Å². The zero-order valence-electron chi connectivity index (χ0n) is 13.7. The molecule has 0 aliphatic carbocycles. The van der Waals surface area contributed by atoms with Crippen LogP contribution in [0.25, 0.3) is 0 Å². The van der Waals surface area contributed by atoms with Crippen LogP contribution in [0.15, 0.2) is 0 Å². The van der Waals surface area contributed by atoms with Crippen molar-refractivity contribution in [2.24, 2.45) is 5.41 Å². The average molecular weight is 271 g/mol. The molecular weight excluding hydrogens is 238 g/mol. The van der Waals surface area contributed by atoms with Crippen molar-refractivity contribution in [3.8, 4) is 0 Å². The van der Waals surface area contributed by atoms with E-state index in [1.165, 1.54) is 0 Å². The largest absolute Gasteiger partial charge is 0.376 e. The monoisotopic (exact) mass is 271 g/mol. The van der Waals surface area contributed by atoms with Crippen LogP contribution in [0.1, 0.15) is 60.8 Å². The molecule has 0 spiro atoms. The van der Waals surface area contributed by atoms with Crippen LogP contribution >= 0.6 is 0 Å². The maximum atomic E-state index is 6.17. The Bertz CT molecular complexity index is 240. The second-order valence-corrected chi connectivity index (χ2v) is 7.06. The van der Waals surface area contributed by atoms with Crippen LogP contribution in [0.3, 0.4) is 0 Å². The Hall–Kier alpha value is -0.120. The Balaban J connectivity index is 2.42. The highest BCUT2D eigenvalue weighted by Gasteiger charge is 2.28. The van der Waals surface area contributed by atoms with Gasteiger partial charge in [0.2, 0.25) is 0 Å². The number of hydrogen-bond acceptors (Lipinski definition) is 3. The molecule has 1 aliphatic heterocycles. The van der Waals surface area contributed by atoms with Crippen molar-refractivity contribution >= 4 is 0 Å². The van der Waals surface area contributed by atoms with Crippen molar-refractivity contribution in [3.05, 3.63) is 0 Å². The van der Waals surface area contributed by atoms with Gasteiger partial charge in [0, 0.05) is 6.04 Å². The van der Waals surface area contributed by atoms with Crippen LogP contribution < -0.4 is 5.32 Å². The van der Waals surface area contributed by atoms with Crippen LogP contribution in [0.2, 0.25) is 0 Å². The van der Waals surface area contributed by atoms with E-state index in [2.05, 4.69) is 46.9 Å². The van der Waals surface area contributed by atoms with Crippen LogP contribution in [0.4, 0.5) is 0 Å². The molecule has 19 heavy (non-hydrogen) atoms. The molecule has 1 heterocycles. The minimum absolute atomic E-state index is 0.234. The molecule has 3 nitrogen and oxygen atoms in total. The van der Waals surface area contributed by atoms with Crippen LogP contribution in [-0.4, -0.2) is 37.5 Å². The van der Waals surface area contributed by atoms with E-state index in [4.69, 9.17) is 9.47 Å². The molecule has 1 N–H and O–H groups in total. The predicted octanol–water partition coefficient (Wildman–Crippen LogP) is 3.37. The molecule has 1 fully saturated rings. The minimum atomic E-state index is 0.234. The molecule has 0 radical (unpaired) electrons. The SMILES string of the molecule is CCCNC(COC1CC(C)OC(C)C1)C(C)(C)C. The third-order valence-electron chi connectivity index (χ3n) is 3.84. The molecule has 114 valence electrons. The normalized spacial score (nSPS) is 30.3. The van der Waals surface area contributed by atoms with Gasteiger partial charge in [-0.15, -0.1) is 0 Å². The third-order valence-corrected chi connectivity index (χ3v) is 3.84. The van der Waals surface area contributed by atoms with Gasteiger partial charge in [-0.05, 0) is 45.1 Å². The van der Waals surface area contributed by atoms with Crippen LogP contribution in [-0.2, 0) is 9.47 Å². The van der Waals surface area contributed by atoms with Crippen molar-refractivity contribution in [1.29, 1.82) is 0 Å². The standard InChI is InChI=1S/C16H33NO2/c1-7-8-17-15(16(4,5)6)11-18-14-9-12(2)19-13(3)10-14/h12-15,17H,7-11H2,1-6H3. The van der Waals surface area contributed by atoms with Crippen LogP contribution in [0, 0.1) is 5.41 Å². The first kappa shape index (κ1) is 16.9. The number of rotatable bonds is 6. The average Bonchev–Trinajstić information content (AvgIpc) is 2.26. The molecule has 3 unspecified atom stereocenters. The van der Waals surface area contributed by atoms with Gasteiger partial charge < -0.3 is 14.8 Å². The van der Waals surface area contributed by atoms with Gasteiger partial charge in [0.1, 0.15) is 0 Å². The highest BCUT2D eigenvalue weighted by Crippen LogP contribution is 2.24. The molecule has 3 heteroatoms. The Kier molecular flexibility index (Phi) is 6.78. The Morgan fingerprint density at radius 1 is 1.21 bits per heavy atom. The lowest BCUT2D eigenvalue weighted by atomic mass is 9.87. The van der Waals surface area contributed by atoms with E-state index in [1.807, 2.05) is 0 Å². The first-order chi connectivity index (χ1) is 8.82. The van der Waals surface area contributed by atoms with Crippen molar-refractivity contribution in [2.45, 2.75) is 85.2 Å². The van der Waals surface area contributed by atoms with E-state index in [1.54, 1.807) is 0 Å². The molecule has 0 saturated carbocycles. The summed E-state index contributed by atoms with van der Waals surface area (Å²) < 4.78 is 11.9. The second kappa shape index (κ2) is 7.61. The zero-order valence-corrected chi connectivity index (χ0v) is 13.7. The molecular formula is C16H33NO2. The van der Waals surface area contributed by atoms with Gasteiger partial charge in [0.05, 0.1) is 24.9 Å². The second-order valence-electron chi connectivity index (χ2n) is 7.06. The first-order valence-corrected chi connectivity index (χ1v) is 7.83. The lowest BCUT2D eigenvalue weighted by molar-refractivity contribution is -0.108. The summed E-state index contributed by atoms with van der Waals surface area (Å²) in [5.41, 5.74) is 0.234. The van der Waals surface area contributed by atoms with E-state index in [0.29, 0.717) is 24.4 Å². The summed E-state index contributed by atoms with van der Waals surface area (Å²) in [6.45, 7) is 15.2. The summed E-state index contributed by atoms with van der Waals surface area (Å²) in [7, 11) is 0. The molecule has 0 bridgehead atoms. The topological polar surface area (TPSA) is 30.5 Å². The van der Waals surface area contributed by atoms with Crippen molar-refractivity contribution in [1.82, 2.24) is 5.32 Å². The first-order valence-electron chi connectivity index (χ1n) is 7.83. The number of nitrogens with one attached hydrogen (secondary N) is 1. The smallest absolute Gasteiger partial charge is 0.0628 e. The number of ether oxygens (including phenoxy) is 2. The lowest BCUT2D eigenvalue weighted by Gasteiger charge is -2.36. The van der Waals surface area contributed by atoms with Gasteiger partial charge in [-0.3, -0.25) is 0 Å². The summed E-state index contributed by atoms with van der Waals surface area (Å²) in [6.07, 6.45) is 4.21. The fourth-order valence-electron chi connectivity index (χ4n) is 2.65. The molecule has 1 rings (SSSR count). The highest BCUT2D eigenvalue weighted by atomic mass is 16.5. The molecule has 1 aliphatic rings. The van der Waals surface area contributed by atoms with E-state index < -0.39 is 0 Å². The third kappa shape index (κ3) is 6.24. The molecule has 0 aromatic rings. The van der Waals surface area contributed by atoms with Gasteiger partial charge in [-0.2, -0.15) is 0 Å². The summed E-state index contributed by atoms with van der Waals surface area (Å²) in [6, 6.07) is 0.418. The summed E-state index contributed by atoms with van der Waals surface area (Å²) in [5, 5.41) is 3.62. The zero-order chi connectivity index (χ0) is 14.5. The lowest BCUT2D eigenvalue weighted by Crippen LogP contribution is -2.46. The number of hydrogen-bond donors (Lipinski definition) is 1. The summed E-state index contributed by atoms with van der Waals surface area (Å²) in [4.78, 5) is 0. The van der Waals surface area contributed by atoms with Gasteiger partial charge in [0.25, 0.3) is 0 Å². The van der Waals surface area contributed by atoms with E-state index in [9.17, 15) is 0 Å². The van der Waals surface area contributed by atoms with Crippen LogP contribution in [0.5, 0.6) is 0 Å². The van der Waals surface area contributed by atoms with E-state index in [0.717, 1.165) is 32.4 Å². The Morgan fingerprint density at radius 2 is 1.79 bits per heavy atom. The highest BCUT2D eigenvalue weighted by molar-refractivity contribution is 4.82. The summed E-state index contributed by atoms with van der Waals surface area (Å²) in [5.74, 6) is 0. The van der Waals surface area contributed by atoms with Gasteiger partial charge in [-0.1, -0.05) is 27.7 Å². The van der Waals surface area contributed by atoms with Gasteiger partial charge in [-0.25, -0.2) is 0 Å². The quantitative estimate of drug-likeness (QED) is 0.803. The fraction of sp³-hybridized carbons (Fsp3) is 1.00. The maximum Gasteiger partial charge on any atom is 0.0628 e. The maximum absolute atomic E-state index is 6.17. The van der Waals surface area contributed by atoms with Crippen molar-refractivity contribution in [3.63, 3.8) is 0 Å². The van der Waals surface area contributed by atoms with Gasteiger partial charge >= 0.3 is 0 Å². The molecule has 0 amide bonds. The Labute approximate surface area is 119 Å². The minimum Gasteiger partial charge on any atom is -0.376 e. The van der Waals surface area contributed by atoms with Crippen molar-refractivity contribution < 1.29 is 9.47 Å². The van der Waals surface area contributed by atoms with Gasteiger partial charge in [0.15, 0.2) is 0 Å². The summed E-state index contributed by atoms with van der Waals surface area (Å²) >= 11 is 0. The molecule has 0 aromatic carbocycles. The molecule has 3 atom stereocenters. The fourth-order valence-corrected chi connectivity index (χ4v) is 2.65. The molecule has 1 saturated heterocycles. The van der Waals surface area contributed by atoms with Crippen molar-refractivity contribution in [2.75, 3.05) is 13.2 Å².